The molecule has 1 aliphatic rings. The maximum atomic E-state index is 11.0. The molecular weight excluding hydrogens is 232 g/mol. The summed E-state index contributed by atoms with van der Waals surface area (Å²) < 4.78 is 15.7. The molecule has 1 saturated heterocycles. The average molecular weight is 250 g/mol. The minimum absolute atomic E-state index is 0.0986. The third-order valence-corrected chi connectivity index (χ3v) is 2.99. The van der Waals surface area contributed by atoms with Crippen LogP contribution in [0.5, 0.6) is 11.5 Å². The van der Waals surface area contributed by atoms with E-state index < -0.39 is 0 Å². The van der Waals surface area contributed by atoms with Gasteiger partial charge in [0.25, 0.3) is 0 Å². The summed E-state index contributed by atoms with van der Waals surface area (Å²) in [4.78, 5) is 11.0. The third-order valence-electron chi connectivity index (χ3n) is 2.99. The molecule has 0 bridgehead atoms. The highest BCUT2D eigenvalue weighted by molar-refractivity contribution is 5.71. The lowest BCUT2D eigenvalue weighted by Gasteiger charge is -2.12. The first-order valence-electron chi connectivity index (χ1n) is 6.18. The first-order valence-corrected chi connectivity index (χ1v) is 6.18. The van der Waals surface area contributed by atoms with Crippen molar-refractivity contribution in [3.63, 3.8) is 0 Å². The zero-order chi connectivity index (χ0) is 13.0. The summed E-state index contributed by atoms with van der Waals surface area (Å²) in [5.74, 6) is 1.67. The maximum Gasteiger partial charge on any atom is 0.306 e. The third kappa shape index (κ3) is 2.94. The zero-order valence-corrected chi connectivity index (χ0v) is 10.8. The fourth-order valence-electron chi connectivity index (χ4n) is 2.15. The highest BCUT2D eigenvalue weighted by Gasteiger charge is 2.24. The molecule has 1 aromatic carbocycles. The van der Waals surface area contributed by atoms with E-state index in [0.29, 0.717) is 19.6 Å². The van der Waals surface area contributed by atoms with E-state index in [-0.39, 0.29) is 11.9 Å². The van der Waals surface area contributed by atoms with Gasteiger partial charge in [0.05, 0.1) is 26.7 Å². The molecule has 4 nitrogen and oxygen atoms in total. The van der Waals surface area contributed by atoms with Gasteiger partial charge in [0, 0.05) is 5.92 Å². The second-order valence-electron chi connectivity index (χ2n) is 4.38. The van der Waals surface area contributed by atoms with Crippen LogP contribution in [0.4, 0.5) is 0 Å². The summed E-state index contributed by atoms with van der Waals surface area (Å²) in [5.41, 5.74) is 1.14. The van der Waals surface area contributed by atoms with Crippen LogP contribution in [-0.2, 0) is 16.0 Å². The van der Waals surface area contributed by atoms with E-state index in [1.165, 1.54) is 0 Å². The molecule has 0 N–H and O–H groups in total. The molecule has 98 valence electrons. The average Bonchev–Trinajstić information content (AvgIpc) is 2.76. The molecule has 4 heteroatoms. The van der Waals surface area contributed by atoms with Crippen molar-refractivity contribution in [1.29, 1.82) is 0 Å². The van der Waals surface area contributed by atoms with Crippen LogP contribution in [0.1, 0.15) is 18.9 Å². The number of rotatable bonds is 5. The van der Waals surface area contributed by atoms with E-state index in [2.05, 4.69) is 0 Å². The van der Waals surface area contributed by atoms with Gasteiger partial charge in [-0.3, -0.25) is 4.79 Å². The standard InChI is InChI=1S/C14H18O4/c1-3-17-13-7-10(4-5-12(13)16-2)6-11-8-14(15)18-9-11/h4-5,7,11H,3,6,8-9H2,1-2H3. The number of methoxy groups -OCH3 is 1. The zero-order valence-electron chi connectivity index (χ0n) is 10.8. The lowest BCUT2D eigenvalue weighted by molar-refractivity contribution is -0.137. The van der Waals surface area contributed by atoms with Crippen LogP contribution in [0.25, 0.3) is 0 Å². The van der Waals surface area contributed by atoms with Crippen molar-refractivity contribution in [3.8, 4) is 11.5 Å². The molecule has 0 aromatic heterocycles. The van der Waals surface area contributed by atoms with Crippen molar-refractivity contribution in [2.45, 2.75) is 19.8 Å². The van der Waals surface area contributed by atoms with Gasteiger partial charge in [-0.2, -0.15) is 0 Å². The van der Waals surface area contributed by atoms with Crippen LogP contribution in [0, 0.1) is 5.92 Å². The molecule has 18 heavy (non-hydrogen) atoms. The highest BCUT2D eigenvalue weighted by Crippen LogP contribution is 2.30. The number of ether oxygens (including phenoxy) is 3. The molecule has 2 rings (SSSR count). The van der Waals surface area contributed by atoms with Gasteiger partial charge in [0.15, 0.2) is 11.5 Å². The number of hydrogen-bond donors (Lipinski definition) is 0. The molecule has 0 radical (unpaired) electrons. The number of esters is 1. The van der Waals surface area contributed by atoms with Crippen LogP contribution < -0.4 is 9.47 Å². The fourth-order valence-corrected chi connectivity index (χ4v) is 2.15. The molecule has 1 fully saturated rings. The Morgan fingerprint density at radius 2 is 2.22 bits per heavy atom. The largest absolute Gasteiger partial charge is 0.493 e. The summed E-state index contributed by atoms with van der Waals surface area (Å²) in [6.07, 6.45) is 1.34. The normalized spacial score (nSPS) is 18.6. The van der Waals surface area contributed by atoms with E-state index in [9.17, 15) is 4.79 Å². The van der Waals surface area contributed by atoms with Crippen LogP contribution in [-0.4, -0.2) is 26.3 Å². The summed E-state index contributed by atoms with van der Waals surface area (Å²) in [6.45, 7) is 3.06. The lowest BCUT2D eigenvalue weighted by Crippen LogP contribution is -2.04. The molecule has 1 unspecified atom stereocenters. The van der Waals surface area contributed by atoms with Gasteiger partial charge < -0.3 is 14.2 Å². The quantitative estimate of drug-likeness (QED) is 0.751. The van der Waals surface area contributed by atoms with Crippen LogP contribution in [0.2, 0.25) is 0 Å². The van der Waals surface area contributed by atoms with E-state index in [0.717, 1.165) is 23.5 Å². The highest BCUT2D eigenvalue weighted by atomic mass is 16.5. The predicted octanol–water partition coefficient (Wildman–Crippen LogP) is 2.20. The molecular formula is C14H18O4. The van der Waals surface area contributed by atoms with E-state index in [4.69, 9.17) is 14.2 Å². The van der Waals surface area contributed by atoms with Gasteiger partial charge in [0.2, 0.25) is 0 Å². The minimum Gasteiger partial charge on any atom is -0.493 e. The molecule has 1 aromatic rings. The number of benzene rings is 1. The van der Waals surface area contributed by atoms with Gasteiger partial charge in [-0.25, -0.2) is 0 Å². The first kappa shape index (κ1) is 12.7. The smallest absolute Gasteiger partial charge is 0.306 e. The van der Waals surface area contributed by atoms with Gasteiger partial charge in [0.1, 0.15) is 0 Å². The fraction of sp³-hybridized carbons (Fsp3) is 0.500. The van der Waals surface area contributed by atoms with Crippen molar-refractivity contribution < 1.29 is 19.0 Å². The molecule has 0 spiro atoms. The number of cyclic esters (lactones) is 1. The monoisotopic (exact) mass is 250 g/mol. The van der Waals surface area contributed by atoms with Crippen LogP contribution in [0.3, 0.4) is 0 Å². The summed E-state index contributed by atoms with van der Waals surface area (Å²) >= 11 is 0. The SMILES string of the molecule is CCOc1cc(CC2COC(=O)C2)ccc1OC. The van der Waals surface area contributed by atoms with Gasteiger partial charge >= 0.3 is 5.97 Å². The van der Waals surface area contributed by atoms with E-state index in [1.807, 2.05) is 25.1 Å². The van der Waals surface area contributed by atoms with Gasteiger partial charge in [-0.15, -0.1) is 0 Å². The second-order valence-corrected chi connectivity index (χ2v) is 4.38. The summed E-state index contributed by atoms with van der Waals surface area (Å²) in [6, 6.07) is 5.88. The van der Waals surface area contributed by atoms with E-state index >= 15 is 0 Å². The van der Waals surface area contributed by atoms with Crippen molar-refractivity contribution >= 4 is 5.97 Å². The Bertz CT molecular complexity index is 428. The van der Waals surface area contributed by atoms with Crippen LogP contribution in [0.15, 0.2) is 18.2 Å². The Morgan fingerprint density at radius 3 is 2.83 bits per heavy atom. The van der Waals surface area contributed by atoms with Crippen molar-refractivity contribution in [2.24, 2.45) is 5.92 Å². The Labute approximate surface area is 107 Å². The molecule has 1 aliphatic heterocycles. The van der Waals surface area contributed by atoms with Crippen molar-refractivity contribution in [1.82, 2.24) is 0 Å². The molecule has 0 aliphatic carbocycles. The van der Waals surface area contributed by atoms with Crippen LogP contribution >= 0.6 is 0 Å². The first-order chi connectivity index (χ1) is 8.72. The maximum absolute atomic E-state index is 11.0. The topological polar surface area (TPSA) is 44.8 Å². The number of hydrogen-bond acceptors (Lipinski definition) is 4. The predicted molar refractivity (Wildman–Crippen MR) is 66.9 cm³/mol. The number of carbonyl (C=O) groups is 1. The molecule has 1 heterocycles. The Morgan fingerprint density at radius 1 is 1.39 bits per heavy atom. The molecule has 0 saturated carbocycles. The Balaban J connectivity index is 2.08. The Hall–Kier alpha value is -1.71. The second kappa shape index (κ2) is 5.76. The lowest BCUT2D eigenvalue weighted by atomic mass is 9.98. The van der Waals surface area contributed by atoms with E-state index in [1.54, 1.807) is 7.11 Å². The molecule has 0 amide bonds. The Kier molecular flexibility index (Phi) is 4.07. The van der Waals surface area contributed by atoms with Crippen molar-refractivity contribution in [3.05, 3.63) is 23.8 Å². The summed E-state index contributed by atoms with van der Waals surface area (Å²) in [5, 5.41) is 0. The number of carbonyl (C=O) groups excluding carboxylic acids is 1. The van der Waals surface area contributed by atoms with Crippen molar-refractivity contribution in [2.75, 3.05) is 20.3 Å². The van der Waals surface area contributed by atoms with Gasteiger partial charge in [-0.05, 0) is 31.0 Å². The summed E-state index contributed by atoms with van der Waals surface area (Å²) in [7, 11) is 1.63. The van der Waals surface area contributed by atoms with Gasteiger partial charge in [-0.1, -0.05) is 6.07 Å². The molecule has 1 atom stereocenters. The minimum atomic E-state index is -0.0986.